The molecule has 4 heteroatoms. The van der Waals surface area contributed by atoms with Crippen molar-refractivity contribution in [1.82, 2.24) is 0 Å². The Morgan fingerprint density at radius 3 is 2.85 bits per heavy atom. The lowest BCUT2D eigenvalue weighted by molar-refractivity contribution is -0.114. The van der Waals surface area contributed by atoms with Gasteiger partial charge in [-0.1, -0.05) is 12.1 Å². The number of carbonyl (C=O) groups excluding carboxylic acids is 1. The van der Waals surface area contributed by atoms with Crippen molar-refractivity contribution >= 4 is 27.5 Å². The summed E-state index contributed by atoms with van der Waals surface area (Å²) in [6.07, 6.45) is 0. The van der Waals surface area contributed by atoms with Gasteiger partial charge < -0.3 is 10.1 Å². The summed E-state index contributed by atoms with van der Waals surface area (Å²) >= 11 is 3.15. The Hall–Kier alpha value is -1.03. The van der Waals surface area contributed by atoms with Gasteiger partial charge in [-0.2, -0.15) is 0 Å². The SMILES string of the molecule is CC(=O)Nc1ccccc1OCBr. The van der Waals surface area contributed by atoms with E-state index in [-0.39, 0.29) is 5.91 Å². The Balaban J connectivity index is 2.84. The minimum atomic E-state index is -0.106. The molecule has 0 fully saturated rings. The van der Waals surface area contributed by atoms with Crippen molar-refractivity contribution in [2.45, 2.75) is 6.92 Å². The first kappa shape index (κ1) is 10.1. The highest BCUT2D eigenvalue weighted by atomic mass is 79.9. The highest BCUT2D eigenvalue weighted by molar-refractivity contribution is 9.09. The van der Waals surface area contributed by atoms with Crippen molar-refractivity contribution in [1.29, 1.82) is 0 Å². The molecule has 1 rings (SSSR count). The Bertz CT molecular complexity index is 301. The molecule has 1 aromatic carbocycles. The van der Waals surface area contributed by atoms with Crippen LogP contribution in [0.1, 0.15) is 6.92 Å². The minimum absolute atomic E-state index is 0.106. The van der Waals surface area contributed by atoms with Gasteiger partial charge in [0.15, 0.2) is 0 Å². The molecule has 0 unspecified atom stereocenters. The van der Waals surface area contributed by atoms with Crippen molar-refractivity contribution in [3.05, 3.63) is 24.3 Å². The van der Waals surface area contributed by atoms with Crippen LogP contribution in [0.5, 0.6) is 5.75 Å². The highest BCUT2D eigenvalue weighted by Gasteiger charge is 2.02. The van der Waals surface area contributed by atoms with Crippen LogP contribution >= 0.6 is 15.9 Å². The molecular formula is C9H10BrNO2. The van der Waals surface area contributed by atoms with Gasteiger partial charge in [0.2, 0.25) is 5.91 Å². The number of ether oxygens (including phenoxy) is 1. The molecule has 0 aliphatic carbocycles. The normalized spacial score (nSPS) is 9.38. The number of halogens is 1. The van der Waals surface area contributed by atoms with Crippen LogP contribution in [0.2, 0.25) is 0 Å². The number of hydrogen-bond donors (Lipinski definition) is 1. The van der Waals surface area contributed by atoms with Crippen LogP contribution in [-0.2, 0) is 4.79 Å². The molecule has 0 aliphatic heterocycles. The molecule has 1 aromatic rings. The van der Waals surface area contributed by atoms with Gasteiger partial charge in [0.1, 0.15) is 11.3 Å². The van der Waals surface area contributed by atoms with Gasteiger partial charge in [-0.15, -0.1) is 0 Å². The first-order valence-corrected chi connectivity index (χ1v) is 4.91. The van der Waals surface area contributed by atoms with Crippen LogP contribution in [-0.4, -0.2) is 11.4 Å². The van der Waals surface area contributed by atoms with E-state index >= 15 is 0 Å². The summed E-state index contributed by atoms with van der Waals surface area (Å²) in [5.41, 5.74) is 1.10. The number of anilines is 1. The van der Waals surface area contributed by atoms with Crippen LogP contribution in [0.25, 0.3) is 0 Å². The summed E-state index contributed by atoms with van der Waals surface area (Å²) in [7, 11) is 0. The zero-order chi connectivity index (χ0) is 9.68. The van der Waals surface area contributed by atoms with E-state index in [0.29, 0.717) is 17.0 Å². The van der Waals surface area contributed by atoms with E-state index in [4.69, 9.17) is 4.74 Å². The Labute approximate surface area is 85.2 Å². The molecule has 3 nitrogen and oxygen atoms in total. The first-order valence-electron chi connectivity index (χ1n) is 3.79. The van der Waals surface area contributed by atoms with Crippen molar-refractivity contribution < 1.29 is 9.53 Å². The van der Waals surface area contributed by atoms with Crippen LogP contribution < -0.4 is 10.1 Å². The summed E-state index contributed by atoms with van der Waals surface area (Å²) in [4.78, 5) is 10.8. The molecule has 0 radical (unpaired) electrons. The fraction of sp³-hybridized carbons (Fsp3) is 0.222. The Morgan fingerprint density at radius 1 is 1.54 bits per heavy atom. The minimum Gasteiger partial charge on any atom is -0.480 e. The zero-order valence-corrected chi connectivity index (χ0v) is 8.80. The molecule has 0 saturated carbocycles. The van der Waals surface area contributed by atoms with E-state index in [1.807, 2.05) is 12.1 Å². The number of hydrogen-bond acceptors (Lipinski definition) is 2. The molecule has 1 N–H and O–H groups in total. The van der Waals surface area contributed by atoms with Crippen LogP contribution in [0.3, 0.4) is 0 Å². The standard InChI is InChI=1S/C9H10BrNO2/c1-7(12)11-8-4-2-3-5-9(8)13-6-10/h2-5H,6H2,1H3,(H,11,12). The second-order valence-corrected chi connectivity index (χ2v) is 2.89. The Morgan fingerprint density at radius 2 is 2.23 bits per heavy atom. The number of rotatable bonds is 3. The zero-order valence-electron chi connectivity index (χ0n) is 7.21. The summed E-state index contributed by atoms with van der Waals surface area (Å²) < 4.78 is 5.24. The number of para-hydroxylation sites is 2. The number of carbonyl (C=O) groups is 1. The fourth-order valence-corrected chi connectivity index (χ4v) is 1.19. The van der Waals surface area contributed by atoms with Gasteiger partial charge in [0.25, 0.3) is 0 Å². The van der Waals surface area contributed by atoms with E-state index < -0.39 is 0 Å². The third-order valence-electron chi connectivity index (χ3n) is 1.41. The quantitative estimate of drug-likeness (QED) is 0.829. The lowest BCUT2D eigenvalue weighted by Crippen LogP contribution is -2.07. The molecular weight excluding hydrogens is 234 g/mol. The third kappa shape index (κ3) is 3.06. The average molecular weight is 244 g/mol. The fourth-order valence-electron chi connectivity index (χ4n) is 0.944. The lowest BCUT2D eigenvalue weighted by atomic mass is 10.3. The summed E-state index contributed by atoms with van der Waals surface area (Å²) in [5.74, 6) is 0.556. The van der Waals surface area contributed by atoms with E-state index in [2.05, 4.69) is 21.2 Å². The van der Waals surface area contributed by atoms with Crippen LogP contribution in [0.4, 0.5) is 5.69 Å². The van der Waals surface area contributed by atoms with Gasteiger partial charge in [0.05, 0.1) is 5.69 Å². The molecule has 0 saturated heterocycles. The predicted octanol–water partition coefficient (Wildman–Crippen LogP) is 2.38. The summed E-state index contributed by atoms with van der Waals surface area (Å²) in [6, 6.07) is 7.28. The van der Waals surface area contributed by atoms with E-state index in [9.17, 15) is 4.79 Å². The van der Waals surface area contributed by atoms with Gasteiger partial charge in [-0.3, -0.25) is 4.79 Å². The molecule has 1 amide bonds. The van der Waals surface area contributed by atoms with Gasteiger partial charge in [0, 0.05) is 6.92 Å². The number of amides is 1. The van der Waals surface area contributed by atoms with Crippen molar-refractivity contribution in [3.8, 4) is 5.75 Å². The van der Waals surface area contributed by atoms with Gasteiger partial charge in [-0.25, -0.2) is 0 Å². The highest BCUT2D eigenvalue weighted by Crippen LogP contribution is 2.23. The van der Waals surface area contributed by atoms with Gasteiger partial charge in [-0.05, 0) is 28.1 Å². The smallest absolute Gasteiger partial charge is 0.221 e. The van der Waals surface area contributed by atoms with Crippen molar-refractivity contribution in [3.63, 3.8) is 0 Å². The predicted molar refractivity (Wildman–Crippen MR) is 55.2 cm³/mol. The van der Waals surface area contributed by atoms with E-state index in [0.717, 1.165) is 0 Å². The molecule has 0 atom stereocenters. The maximum absolute atomic E-state index is 10.8. The number of alkyl halides is 1. The number of benzene rings is 1. The average Bonchev–Trinajstić information content (AvgIpc) is 2.08. The van der Waals surface area contributed by atoms with E-state index in [1.54, 1.807) is 12.1 Å². The summed E-state index contributed by atoms with van der Waals surface area (Å²) in [6.45, 7) is 1.46. The molecule has 70 valence electrons. The molecule has 13 heavy (non-hydrogen) atoms. The third-order valence-corrected chi connectivity index (χ3v) is 1.64. The maximum Gasteiger partial charge on any atom is 0.221 e. The first-order chi connectivity index (χ1) is 6.24. The second-order valence-electron chi connectivity index (χ2n) is 2.43. The lowest BCUT2D eigenvalue weighted by Gasteiger charge is -2.08. The monoisotopic (exact) mass is 243 g/mol. The van der Waals surface area contributed by atoms with Crippen LogP contribution in [0, 0.1) is 0 Å². The number of nitrogens with one attached hydrogen (secondary N) is 1. The maximum atomic E-state index is 10.8. The molecule has 0 bridgehead atoms. The molecule has 0 heterocycles. The molecule has 0 aromatic heterocycles. The van der Waals surface area contributed by atoms with Crippen LogP contribution in [0.15, 0.2) is 24.3 Å². The van der Waals surface area contributed by atoms with Gasteiger partial charge >= 0.3 is 0 Å². The molecule has 0 aliphatic rings. The summed E-state index contributed by atoms with van der Waals surface area (Å²) in [5, 5.41) is 2.67. The van der Waals surface area contributed by atoms with Crippen molar-refractivity contribution in [2.24, 2.45) is 0 Å². The van der Waals surface area contributed by atoms with E-state index in [1.165, 1.54) is 6.92 Å². The molecule has 0 spiro atoms. The largest absolute Gasteiger partial charge is 0.480 e. The topological polar surface area (TPSA) is 38.3 Å². The second kappa shape index (κ2) is 4.87. The Kier molecular flexibility index (Phi) is 3.76. The van der Waals surface area contributed by atoms with Crippen molar-refractivity contribution in [2.75, 3.05) is 10.8 Å².